The van der Waals surface area contributed by atoms with Crippen LogP contribution < -0.4 is 0 Å². The number of piperidine rings is 1. The lowest BCUT2D eigenvalue weighted by atomic mass is 9.99. The summed E-state index contributed by atoms with van der Waals surface area (Å²) in [7, 11) is -3.66. The average molecular weight is 369 g/mol. The van der Waals surface area contributed by atoms with Crippen LogP contribution in [0.5, 0.6) is 0 Å². The van der Waals surface area contributed by atoms with Crippen molar-refractivity contribution in [2.75, 3.05) is 13.1 Å². The van der Waals surface area contributed by atoms with Gasteiger partial charge in [0.2, 0.25) is 0 Å². The first-order valence-corrected chi connectivity index (χ1v) is 9.97. The fourth-order valence-corrected chi connectivity index (χ4v) is 4.73. The highest BCUT2D eigenvalue weighted by molar-refractivity contribution is 7.89. The number of nitrogens with one attached hydrogen (secondary N) is 1. The highest BCUT2D eigenvalue weighted by atomic mass is 32.2. The Morgan fingerprint density at radius 1 is 1.08 bits per heavy atom. The van der Waals surface area contributed by atoms with E-state index in [2.05, 4.69) is 20.2 Å². The molecule has 0 aliphatic carbocycles. The molecule has 1 saturated heterocycles. The van der Waals surface area contributed by atoms with E-state index in [4.69, 9.17) is 0 Å². The van der Waals surface area contributed by atoms with Gasteiger partial charge in [0, 0.05) is 24.6 Å². The minimum Gasteiger partial charge on any atom is -0.331 e. The van der Waals surface area contributed by atoms with Crippen LogP contribution in [0, 0.1) is 0 Å². The van der Waals surface area contributed by atoms with Gasteiger partial charge in [-0.15, -0.1) is 10.2 Å². The van der Waals surface area contributed by atoms with E-state index in [1.807, 2.05) is 36.4 Å². The van der Waals surface area contributed by atoms with E-state index < -0.39 is 10.0 Å². The standard InChI is InChI=1S/C18H19N5O2S/c24-26(25,23-11-5-8-15(12-23)18-19-13-20-22-18)17-10-4-9-16(21-17)14-6-2-1-3-7-14/h1-4,6-7,9-10,13,15H,5,8,11-12H2,(H,19,20,22). The van der Waals surface area contributed by atoms with Crippen LogP contribution in [0.15, 0.2) is 59.9 Å². The van der Waals surface area contributed by atoms with Crippen LogP contribution in [-0.2, 0) is 10.0 Å². The third kappa shape index (κ3) is 3.25. The molecule has 0 bridgehead atoms. The van der Waals surface area contributed by atoms with Crippen molar-refractivity contribution in [3.63, 3.8) is 0 Å². The van der Waals surface area contributed by atoms with Gasteiger partial charge in [-0.3, -0.25) is 0 Å². The van der Waals surface area contributed by atoms with Crippen molar-refractivity contribution in [3.05, 3.63) is 60.7 Å². The van der Waals surface area contributed by atoms with Crippen LogP contribution in [-0.4, -0.2) is 46.0 Å². The zero-order chi connectivity index (χ0) is 18.0. The molecule has 1 aliphatic heterocycles. The van der Waals surface area contributed by atoms with Gasteiger partial charge in [0.05, 0.1) is 5.69 Å². The predicted octanol–water partition coefficient (Wildman–Crippen LogP) is 2.43. The lowest BCUT2D eigenvalue weighted by molar-refractivity contribution is 0.308. The van der Waals surface area contributed by atoms with Gasteiger partial charge in [-0.05, 0) is 25.0 Å². The fraction of sp³-hybridized carbons (Fsp3) is 0.278. The predicted molar refractivity (Wildman–Crippen MR) is 96.8 cm³/mol. The Kier molecular flexibility index (Phi) is 4.52. The molecule has 1 N–H and O–H groups in total. The summed E-state index contributed by atoms with van der Waals surface area (Å²) in [4.78, 5) is 7.40. The van der Waals surface area contributed by atoms with E-state index in [1.165, 1.54) is 10.6 Å². The minimum atomic E-state index is -3.66. The molecule has 134 valence electrons. The largest absolute Gasteiger partial charge is 0.331 e. The Balaban J connectivity index is 1.62. The monoisotopic (exact) mass is 369 g/mol. The second-order valence-corrected chi connectivity index (χ2v) is 8.19. The number of aromatic nitrogens is 4. The number of pyridine rings is 1. The molecular formula is C18H19N5O2S. The van der Waals surface area contributed by atoms with Crippen LogP contribution >= 0.6 is 0 Å². The quantitative estimate of drug-likeness (QED) is 0.762. The molecule has 1 aliphatic rings. The van der Waals surface area contributed by atoms with E-state index in [1.54, 1.807) is 12.1 Å². The molecule has 0 spiro atoms. The van der Waals surface area contributed by atoms with Crippen molar-refractivity contribution in [3.8, 4) is 11.3 Å². The first-order chi connectivity index (χ1) is 12.6. The summed E-state index contributed by atoms with van der Waals surface area (Å²) in [5, 5.41) is 7.92. The Bertz CT molecular complexity index is 974. The van der Waals surface area contributed by atoms with E-state index in [-0.39, 0.29) is 10.9 Å². The number of hydrogen-bond acceptors (Lipinski definition) is 5. The Morgan fingerprint density at radius 2 is 1.92 bits per heavy atom. The van der Waals surface area contributed by atoms with Crippen molar-refractivity contribution < 1.29 is 8.42 Å². The van der Waals surface area contributed by atoms with Crippen molar-refractivity contribution in [1.29, 1.82) is 0 Å². The van der Waals surface area contributed by atoms with Crippen LogP contribution in [0.25, 0.3) is 11.3 Å². The summed E-state index contributed by atoms with van der Waals surface area (Å²) in [6.45, 7) is 0.874. The maximum atomic E-state index is 13.1. The summed E-state index contributed by atoms with van der Waals surface area (Å²) >= 11 is 0. The van der Waals surface area contributed by atoms with Crippen molar-refractivity contribution >= 4 is 10.0 Å². The lowest BCUT2D eigenvalue weighted by Crippen LogP contribution is -2.39. The molecule has 0 amide bonds. The highest BCUT2D eigenvalue weighted by Gasteiger charge is 2.33. The van der Waals surface area contributed by atoms with Crippen LogP contribution in [0.4, 0.5) is 0 Å². The topological polar surface area (TPSA) is 91.8 Å². The number of sulfonamides is 1. The third-order valence-electron chi connectivity index (χ3n) is 4.60. The molecular weight excluding hydrogens is 350 g/mol. The molecule has 3 heterocycles. The van der Waals surface area contributed by atoms with Gasteiger partial charge in [0.15, 0.2) is 5.03 Å². The molecule has 4 rings (SSSR count). The second-order valence-electron chi connectivity index (χ2n) is 6.30. The number of aromatic amines is 1. The number of rotatable bonds is 4. The third-order valence-corrected chi connectivity index (χ3v) is 6.37. The van der Waals surface area contributed by atoms with E-state index >= 15 is 0 Å². The average Bonchev–Trinajstić information content (AvgIpc) is 3.24. The summed E-state index contributed by atoms with van der Waals surface area (Å²) < 4.78 is 27.7. The molecule has 1 aromatic carbocycles. The minimum absolute atomic E-state index is 0.0262. The molecule has 0 saturated carbocycles. The van der Waals surface area contributed by atoms with Crippen LogP contribution in [0.3, 0.4) is 0 Å². The molecule has 1 atom stereocenters. The van der Waals surface area contributed by atoms with E-state index in [0.717, 1.165) is 24.2 Å². The Hall–Kier alpha value is -2.58. The van der Waals surface area contributed by atoms with Gasteiger partial charge in [0.1, 0.15) is 12.2 Å². The summed E-state index contributed by atoms with van der Waals surface area (Å²) in [5.41, 5.74) is 1.54. The Morgan fingerprint density at radius 3 is 2.69 bits per heavy atom. The van der Waals surface area contributed by atoms with E-state index in [0.29, 0.717) is 18.8 Å². The number of H-pyrrole nitrogens is 1. The second kappa shape index (κ2) is 6.97. The molecule has 1 unspecified atom stereocenters. The smallest absolute Gasteiger partial charge is 0.260 e. The van der Waals surface area contributed by atoms with Gasteiger partial charge in [-0.2, -0.15) is 4.31 Å². The van der Waals surface area contributed by atoms with Crippen LogP contribution in [0.1, 0.15) is 24.6 Å². The van der Waals surface area contributed by atoms with Crippen molar-refractivity contribution in [2.45, 2.75) is 23.8 Å². The molecule has 8 heteroatoms. The molecule has 3 aromatic rings. The molecule has 0 radical (unpaired) electrons. The zero-order valence-corrected chi connectivity index (χ0v) is 14.9. The highest BCUT2D eigenvalue weighted by Crippen LogP contribution is 2.28. The van der Waals surface area contributed by atoms with Crippen molar-refractivity contribution in [2.24, 2.45) is 0 Å². The number of benzene rings is 1. The number of hydrogen-bond donors (Lipinski definition) is 1. The maximum absolute atomic E-state index is 13.1. The molecule has 26 heavy (non-hydrogen) atoms. The molecule has 2 aromatic heterocycles. The normalized spacial score (nSPS) is 18.7. The SMILES string of the molecule is O=S(=O)(c1cccc(-c2ccccc2)n1)N1CCCC(c2nnc[nH]2)C1. The maximum Gasteiger partial charge on any atom is 0.260 e. The van der Waals surface area contributed by atoms with Gasteiger partial charge < -0.3 is 4.98 Å². The summed E-state index contributed by atoms with van der Waals surface area (Å²) in [6.07, 6.45) is 3.19. The number of nitrogens with zero attached hydrogens (tertiary/aromatic N) is 4. The summed E-state index contributed by atoms with van der Waals surface area (Å²) in [6, 6.07) is 14.7. The van der Waals surface area contributed by atoms with Crippen molar-refractivity contribution in [1.82, 2.24) is 24.5 Å². The first-order valence-electron chi connectivity index (χ1n) is 8.53. The molecule has 1 fully saturated rings. The summed E-state index contributed by atoms with van der Waals surface area (Å²) in [5.74, 6) is 0.759. The lowest BCUT2D eigenvalue weighted by Gasteiger charge is -2.30. The van der Waals surface area contributed by atoms with Gasteiger partial charge in [0.25, 0.3) is 10.0 Å². The fourth-order valence-electron chi connectivity index (χ4n) is 3.26. The zero-order valence-electron chi connectivity index (χ0n) is 14.1. The Labute approximate surface area is 152 Å². The van der Waals surface area contributed by atoms with Gasteiger partial charge in [-0.25, -0.2) is 13.4 Å². The molecule has 7 nitrogen and oxygen atoms in total. The van der Waals surface area contributed by atoms with Gasteiger partial charge >= 0.3 is 0 Å². The van der Waals surface area contributed by atoms with Crippen LogP contribution in [0.2, 0.25) is 0 Å². The van der Waals surface area contributed by atoms with E-state index in [9.17, 15) is 8.42 Å². The van der Waals surface area contributed by atoms with Gasteiger partial charge in [-0.1, -0.05) is 36.4 Å². The first kappa shape index (κ1) is 16.9.